The molecular formula is C51H60Cl3N13O8S2. The Morgan fingerprint density at radius 3 is 1.66 bits per heavy atom. The molecular weight excluding hydrogens is 1090 g/mol. The van der Waals surface area contributed by atoms with E-state index < -0.39 is 32.1 Å². The lowest BCUT2D eigenvalue weighted by Crippen LogP contribution is -2.39. The van der Waals surface area contributed by atoms with Crippen molar-refractivity contribution in [2.45, 2.75) is 102 Å². The first-order valence-electron chi connectivity index (χ1n) is 24.9. The molecule has 4 aromatic heterocycles. The van der Waals surface area contributed by atoms with Crippen LogP contribution in [0.15, 0.2) is 60.9 Å². The topological polar surface area (TPSA) is 265 Å². The Kier molecular flexibility index (Phi) is 17.5. The van der Waals surface area contributed by atoms with Crippen molar-refractivity contribution in [1.29, 1.82) is 5.26 Å². The molecule has 0 spiro atoms. The molecule has 0 radical (unpaired) electrons. The SMILES string of the molecule is Cc1cn2nc([C@@H]3CCCCN3C(=O)c3cc(Cl)ccc3NS(C)(=O)=O)cc2nc1Cl.Cc1cn2nc([C@@H]3CCCCN3C(=O)c3cc(Cl)ccc3NS(C)(=O)=O)cc2nc1N1C[C@@H](C#N)[C@@H](O)C1.[2HH].[C-]#[N+][C@@H]1CCC[C@@H]1O. The lowest BCUT2D eigenvalue weighted by atomic mass is 9.98. The normalized spacial score (nSPS) is 21.6. The highest BCUT2D eigenvalue weighted by Crippen LogP contribution is 2.37. The van der Waals surface area contributed by atoms with Crippen molar-refractivity contribution in [2.24, 2.45) is 5.92 Å². The monoisotopic (exact) mass is 1150 g/mol. The van der Waals surface area contributed by atoms with Crippen LogP contribution in [0.1, 0.15) is 115 Å². The van der Waals surface area contributed by atoms with E-state index in [1.807, 2.05) is 37.1 Å². The van der Waals surface area contributed by atoms with E-state index >= 15 is 0 Å². The molecule has 2 amide bonds. The third kappa shape index (κ3) is 13.5. The van der Waals surface area contributed by atoms with E-state index in [0.29, 0.717) is 76.3 Å². The summed E-state index contributed by atoms with van der Waals surface area (Å²) in [5.41, 5.74) is 4.98. The maximum atomic E-state index is 13.8. The van der Waals surface area contributed by atoms with Crippen LogP contribution in [0, 0.1) is 37.7 Å². The molecule has 4 N–H and O–H groups in total. The molecule has 77 heavy (non-hydrogen) atoms. The Balaban J connectivity index is 0.000000198. The summed E-state index contributed by atoms with van der Waals surface area (Å²) in [5.74, 6) is -0.424. The van der Waals surface area contributed by atoms with Gasteiger partial charge in [0.15, 0.2) is 11.3 Å². The minimum atomic E-state index is -3.61. The number of fused-ring (bicyclic) bond motifs is 2. The second-order valence-corrected chi connectivity index (χ2v) is 24.5. The molecule has 2 aromatic carbocycles. The zero-order chi connectivity index (χ0) is 55.5. The van der Waals surface area contributed by atoms with Gasteiger partial charge in [0.2, 0.25) is 26.1 Å². The predicted octanol–water partition coefficient (Wildman–Crippen LogP) is 7.90. The largest absolute Gasteiger partial charge is 0.390 e. The third-order valence-corrected chi connectivity index (χ3v) is 15.8. The first-order chi connectivity index (χ1) is 36.5. The van der Waals surface area contributed by atoms with Gasteiger partial charge in [-0.1, -0.05) is 34.8 Å². The third-order valence-electron chi connectivity index (χ3n) is 13.8. The number of halogens is 3. The number of aryl methyl sites for hydroxylation is 2. The molecule has 0 unspecified atom stereocenters. The molecule has 0 bridgehead atoms. The Morgan fingerprint density at radius 2 is 1.22 bits per heavy atom. The van der Waals surface area contributed by atoms with Gasteiger partial charge < -0.3 is 29.8 Å². The predicted molar refractivity (Wildman–Crippen MR) is 295 cm³/mol. The van der Waals surface area contributed by atoms with Crippen LogP contribution in [-0.2, 0) is 20.0 Å². The van der Waals surface area contributed by atoms with Gasteiger partial charge in [-0.15, -0.1) is 0 Å². The van der Waals surface area contributed by atoms with Crippen LogP contribution in [0.2, 0.25) is 15.2 Å². The number of hydrogen-bond acceptors (Lipinski definition) is 14. The average Bonchev–Trinajstić information content (AvgIpc) is 4.21. The van der Waals surface area contributed by atoms with Gasteiger partial charge in [-0.2, -0.15) is 15.5 Å². The maximum Gasteiger partial charge on any atom is 0.256 e. The molecule has 10 rings (SSSR count). The summed E-state index contributed by atoms with van der Waals surface area (Å²) in [6, 6.07) is 14.1. The summed E-state index contributed by atoms with van der Waals surface area (Å²) in [7, 11) is -7.18. The highest BCUT2D eigenvalue weighted by atomic mass is 35.5. The molecule has 4 fully saturated rings. The number of aromatic nitrogens is 6. The number of aliphatic hydroxyl groups excluding tert-OH is 2. The number of hydrogen-bond donors (Lipinski definition) is 4. The second kappa shape index (κ2) is 23.7. The molecule has 6 atom stereocenters. The molecule has 1 saturated carbocycles. The summed E-state index contributed by atoms with van der Waals surface area (Å²) in [6.45, 7) is 12.1. The molecule has 4 aliphatic rings. The fourth-order valence-electron chi connectivity index (χ4n) is 10.1. The average molecular weight is 1150 g/mol. The Hall–Kier alpha value is -6.31. The number of likely N-dealkylation sites (tertiary alicyclic amines) is 2. The van der Waals surface area contributed by atoms with Gasteiger partial charge >= 0.3 is 0 Å². The summed E-state index contributed by atoms with van der Waals surface area (Å²) in [4.78, 5) is 45.0. The molecule has 1 aliphatic carbocycles. The molecule has 26 heteroatoms. The first-order valence-corrected chi connectivity index (χ1v) is 29.9. The number of sulfonamides is 2. The van der Waals surface area contributed by atoms with Crippen molar-refractivity contribution in [3.8, 4) is 6.07 Å². The number of carbonyl (C=O) groups is 2. The van der Waals surface area contributed by atoms with Crippen LogP contribution in [-0.4, -0.2) is 135 Å². The van der Waals surface area contributed by atoms with Crippen LogP contribution in [0.25, 0.3) is 16.1 Å². The molecule has 3 aliphatic heterocycles. The number of benzene rings is 2. The number of nitrogens with one attached hydrogen (secondary N) is 2. The number of carbonyl (C=O) groups excluding carboxylic acids is 2. The summed E-state index contributed by atoms with van der Waals surface area (Å²) >= 11 is 18.4. The van der Waals surface area contributed by atoms with Crippen molar-refractivity contribution < 1.29 is 38.1 Å². The Morgan fingerprint density at radius 1 is 0.714 bits per heavy atom. The molecule has 410 valence electrons. The van der Waals surface area contributed by atoms with Crippen molar-refractivity contribution in [1.82, 2.24) is 39.0 Å². The number of rotatable bonds is 9. The lowest BCUT2D eigenvalue weighted by molar-refractivity contribution is 0.0600. The number of aliphatic hydroxyl groups is 2. The van der Waals surface area contributed by atoms with Crippen molar-refractivity contribution in [2.75, 3.05) is 53.0 Å². The van der Waals surface area contributed by atoms with E-state index in [2.05, 4.69) is 30.4 Å². The summed E-state index contributed by atoms with van der Waals surface area (Å²) in [6.07, 6.45) is 12.3. The van der Waals surface area contributed by atoms with Gasteiger partial charge in [-0.3, -0.25) is 19.0 Å². The van der Waals surface area contributed by atoms with Crippen LogP contribution in [0.3, 0.4) is 0 Å². The number of anilines is 3. The van der Waals surface area contributed by atoms with Crippen molar-refractivity contribution in [3.05, 3.63) is 121 Å². The zero-order valence-corrected chi connectivity index (χ0v) is 46.5. The smallest absolute Gasteiger partial charge is 0.256 e. The number of nitrogens with zero attached hydrogens (tertiary/aromatic N) is 11. The van der Waals surface area contributed by atoms with Crippen LogP contribution in [0.5, 0.6) is 0 Å². The maximum absolute atomic E-state index is 13.8. The van der Waals surface area contributed by atoms with E-state index in [9.17, 15) is 36.8 Å². The fourth-order valence-corrected chi connectivity index (χ4v) is 11.7. The van der Waals surface area contributed by atoms with E-state index in [1.54, 1.807) is 31.1 Å². The number of amides is 2. The quantitative estimate of drug-likeness (QED) is 0.0792. The van der Waals surface area contributed by atoms with Gasteiger partial charge in [-0.25, -0.2) is 42.4 Å². The number of nitriles is 1. The van der Waals surface area contributed by atoms with Crippen molar-refractivity contribution >= 4 is 95.2 Å². The van der Waals surface area contributed by atoms with Gasteiger partial charge in [-0.05, 0) is 102 Å². The highest BCUT2D eigenvalue weighted by Gasteiger charge is 2.36. The minimum Gasteiger partial charge on any atom is -0.390 e. The van der Waals surface area contributed by atoms with E-state index in [1.165, 1.54) is 30.3 Å². The molecule has 7 heterocycles. The highest BCUT2D eigenvalue weighted by molar-refractivity contribution is 7.92. The zero-order valence-electron chi connectivity index (χ0n) is 42.6. The minimum absolute atomic E-state index is 0. The van der Waals surface area contributed by atoms with Gasteiger partial charge in [0.05, 0.1) is 76.6 Å². The fraction of sp³-hybridized carbons (Fsp3) is 0.451. The summed E-state index contributed by atoms with van der Waals surface area (Å²) < 4.78 is 55.5. The Labute approximate surface area is 463 Å². The summed E-state index contributed by atoms with van der Waals surface area (Å²) in [5, 5.41) is 38.9. The first kappa shape index (κ1) is 56.9. The standard InChI is InChI=1S/C25H28ClN7O4S.C20H21Cl2N5O3S.C6H9NO.H2/c1-15-12-33-23(28-24(15)31-13-16(11-27)22(34)14-31)10-20(29-33)21-5-3-4-8-32(21)25(35)18-9-17(26)6-7-19(18)30-38(2,36)37;1-12-11-27-18(23-19(12)22)10-16(24-27)17-5-3-4-8-26(17)20(28)14-9-13(21)6-7-15(14)25-31(2,29)30;1-7-5-3-2-4-6(5)8;/h6-7,9-10,12,16,21-22,30,34H,3-5,8,13-14H2,1-2H3;6-7,9-11,17,25H,3-5,8H2,1-2H3;5-6,8H,2-4H2;1H/t16-,21+,22+;17-;5-,6+;/m101./s1/i;;;1+1. The number of piperidine rings is 2. The second-order valence-electron chi connectivity index (χ2n) is 19.8. The van der Waals surface area contributed by atoms with Gasteiger partial charge in [0.25, 0.3) is 11.8 Å². The van der Waals surface area contributed by atoms with Gasteiger partial charge in [0.1, 0.15) is 17.1 Å². The van der Waals surface area contributed by atoms with E-state index in [0.717, 1.165) is 75.0 Å². The molecule has 3 saturated heterocycles. The molecule has 21 nitrogen and oxygen atoms in total. The van der Waals surface area contributed by atoms with E-state index in [4.69, 9.17) is 56.6 Å². The van der Waals surface area contributed by atoms with Gasteiger partial charge in [0, 0.05) is 79.7 Å². The van der Waals surface area contributed by atoms with Crippen LogP contribution < -0.4 is 14.3 Å². The van der Waals surface area contributed by atoms with Crippen molar-refractivity contribution in [3.63, 3.8) is 0 Å². The molecule has 6 aromatic rings. The number of β-amino-alcohol motifs (C(OH)–C–C–N with tert-alkyl or cyclic N) is 1. The van der Waals surface area contributed by atoms with Crippen LogP contribution in [0.4, 0.5) is 17.2 Å². The van der Waals surface area contributed by atoms with Crippen LogP contribution >= 0.6 is 34.8 Å². The lowest BCUT2D eigenvalue weighted by Gasteiger charge is -2.35. The van der Waals surface area contributed by atoms with E-state index in [-0.39, 0.29) is 60.0 Å². The Bertz CT molecular complexity index is 3500.